The lowest BCUT2D eigenvalue weighted by atomic mass is 9.60. The van der Waals surface area contributed by atoms with Crippen LogP contribution in [-0.2, 0) is 4.79 Å². The molecule has 0 aromatic carbocycles. The molecule has 2 aliphatic carbocycles. The minimum Gasteiger partial charge on any atom is -0.299 e. The van der Waals surface area contributed by atoms with E-state index < -0.39 is 0 Å². The van der Waals surface area contributed by atoms with Crippen molar-refractivity contribution < 1.29 is 4.79 Å². The monoisotopic (exact) mass is 218 g/mol. The molecule has 0 aromatic rings. The zero-order valence-corrected chi connectivity index (χ0v) is 10.7. The number of rotatable bonds is 1. The van der Waals surface area contributed by atoms with E-state index in [2.05, 4.69) is 27.4 Å². The molecule has 0 aromatic heterocycles. The summed E-state index contributed by atoms with van der Waals surface area (Å²) in [5.41, 5.74) is 3.94. The molecule has 0 N–H and O–H groups in total. The molecule has 0 heterocycles. The van der Waals surface area contributed by atoms with Gasteiger partial charge in [0.25, 0.3) is 0 Å². The third-order valence-corrected chi connectivity index (χ3v) is 4.60. The molecule has 0 radical (unpaired) electrons. The Hall–Kier alpha value is -0.850. The number of carbonyl (C=O) groups excluding carboxylic acids is 1. The van der Waals surface area contributed by atoms with Gasteiger partial charge in [-0.3, -0.25) is 4.79 Å². The van der Waals surface area contributed by atoms with Crippen LogP contribution in [0.25, 0.3) is 0 Å². The molecule has 88 valence electrons. The lowest BCUT2D eigenvalue weighted by molar-refractivity contribution is -0.129. The molecule has 1 fully saturated rings. The molecule has 0 bridgehead atoms. The molecule has 2 aliphatic rings. The van der Waals surface area contributed by atoms with Gasteiger partial charge < -0.3 is 0 Å². The van der Waals surface area contributed by atoms with Crippen LogP contribution in [0.2, 0.25) is 0 Å². The Balaban J connectivity index is 2.39. The van der Waals surface area contributed by atoms with Gasteiger partial charge in [0.15, 0.2) is 0 Å². The third-order valence-electron chi connectivity index (χ3n) is 4.60. The lowest BCUT2D eigenvalue weighted by Crippen LogP contribution is -2.39. The highest BCUT2D eigenvalue weighted by atomic mass is 16.1. The normalized spacial score (nSPS) is 34.9. The van der Waals surface area contributed by atoms with Crippen LogP contribution >= 0.6 is 0 Å². The number of allylic oxidation sites excluding steroid dienone is 3. The van der Waals surface area contributed by atoms with Crippen LogP contribution < -0.4 is 0 Å². The number of carbonyl (C=O) groups is 1. The van der Waals surface area contributed by atoms with E-state index in [9.17, 15) is 4.79 Å². The summed E-state index contributed by atoms with van der Waals surface area (Å²) in [4.78, 5) is 12.3. The highest BCUT2D eigenvalue weighted by Crippen LogP contribution is 2.49. The Labute approximate surface area is 98.6 Å². The lowest BCUT2D eigenvalue weighted by Gasteiger charge is -2.43. The molecule has 0 spiro atoms. The molecular formula is C15H22O. The SMILES string of the molecule is C=C(C)[C@@H]1CC(=O)[C@@]2(C)CCCC(C)=C2C1. The van der Waals surface area contributed by atoms with Crippen molar-refractivity contribution >= 4 is 5.78 Å². The van der Waals surface area contributed by atoms with Crippen LogP contribution in [-0.4, -0.2) is 5.78 Å². The van der Waals surface area contributed by atoms with Crippen LogP contribution in [0.3, 0.4) is 0 Å². The average Bonchev–Trinajstić information content (AvgIpc) is 2.20. The molecule has 0 aliphatic heterocycles. The maximum Gasteiger partial charge on any atom is 0.143 e. The first-order chi connectivity index (χ1) is 7.45. The second-order valence-electron chi connectivity index (χ2n) is 5.82. The van der Waals surface area contributed by atoms with Gasteiger partial charge in [-0.1, -0.05) is 23.3 Å². The van der Waals surface area contributed by atoms with Gasteiger partial charge >= 0.3 is 0 Å². The molecule has 1 saturated carbocycles. The summed E-state index contributed by atoms with van der Waals surface area (Å²) in [6.07, 6.45) is 5.20. The fraction of sp³-hybridized carbons (Fsp3) is 0.667. The van der Waals surface area contributed by atoms with Gasteiger partial charge in [-0.05, 0) is 52.4 Å². The topological polar surface area (TPSA) is 17.1 Å². The first-order valence-corrected chi connectivity index (χ1v) is 6.33. The van der Waals surface area contributed by atoms with E-state index in [1.165, 1.54) is 29.6 Å². The van der Waals surface area contributed by atoms with Crippen LogP contribution in [0.4, 0.5) is 0 Å². The number of hydrogen-bond acceptors (Lipinski definition) is 1. The van der Waals surface area contributed by atoms with Crippen molar-refractivity contribution in [1.82, 2.24) is 0 Å². The quantitative estimate of drug-likeness (QED) is 0.607. The maximum absolute atomic E-state index is 12.3. The smallest absolute Gasteiger partial charge is 0.143 e. The number of fused-ring (bicyclic) bond motifs is 1. The second-order valence-corrected chi connectivity index (χ2v) is 5.82. The van der Waals surface area contributed by atoms with Crippen LogP contribution in [0.5, 0.6) is 0 Å². The van der Waals surface area contributed by atoms with E-state index in [4.69, 9.17) is 0 Å². The number of ketones is 1. The summed E-state index contributed by atoms with van der Waals surface area (Å²) >= 11 is 0. The molecule has 2 rings (SSSR count). The Morgan fingerprint density at radius 3 is 2.75 bits per heavy atom. The summed E-state index contributed by atoms with van der Waals surface area (Å²) in [5.74, 6) is 0.837. The first-order valence-electron chi connectivity index (χ1n) is 6.33. The Bertz CT molecular complexity index is 375. The minimum atomic E-state index is -0.131. The van der Waals surface area contributed by atoms with Gasteiger partial charge in [-0.25, -0.2) is 0 Å². The van der Waals surface area contributed by atoms with Gasteiger partial charge in [0.05, 0.1) is 0 Å². The Morgan fingerprint density at radius 2 is 2.12 bits per heavy atom. The largest absolute Gasteiger partial charge is 0.299 e. The van der Waals surface area contributed by atoms with Crippen LogP contribution in [0.15, 0.2) is 23.3 Å². The standard InChI is InChI=1S/C15H22O/c1-10(2)12-8-13-11(3)6-5-7-15(13,4)14(16)9-12/h12H,1,5-9H2,2-4H3/t12-,15-/m0/s1. The summed E-state index contributed by atoms with van der Waals surface area (Å²) < 4.78 is 0. The van der Waals surface area contributed by atoms with Crippen LogP contribution in [0.1, 0.15) is 52.9 Å². The molecule has 1 nitrogen and oxygen atoms in total. The molecule has 0 unspecified atom stereocenters. The van der Waals surface area contributed by atoms with E-state index in [1.54, 1.807) is 0 Å². The second kappa shape index (κ2) is 3.87. The minimum absolute atomic E-state index is 0.131. The molecule has 16 heavy (non-hydrogen) atoms. The van der Waals surface area contributed by atoms with Crippen molar-refractivity contribution in [3.05, 3.63) is 23.3 Å². The summed E-state index contributed by atoms with van der Waals surface area (Å²) in [6.45, 7) is 10.4. The summed E-state index contributed by atoms with van der Waals surface area (Å²) in [5, 5.41) is 0. The van der Waals surface area contributed by atoms with Gasteiger partial charge in [-0.15, -0.1) is 0 Å². The van der Waals surface area contributed by atoms with Gasteiger partial charge in [0.2, 0.25) is 0 Å². The van der Waals surface area contributed by atoms with Gasteiger partial charge in [0.1, 0.15) is 5.78 Å². The molecule has 0 saturated heterocycles. The average molecular weight is 218 g/mol. The summed E-state index contributed by atoms with van der Waals surface area (Å²) in [6, 6.07) is 0. The van der Waals surface area contributed by atoms with E-state index >= 15 is 0 Å². The molecule has 1 heteroatoms. The molecule has 0 amide bonds. The first kappa shape index (κ1) is 11.6. The van der Waals surface area contributed by atoms with Crippen molar-refractivity contribution in [2.45, 2.75) is 52.9 Å². The number of hydrogen-bond donors (Lipinski definition) is 0. The third kappa shape index (κ3) is 1.66. The zero-order chi connectivity index (χ0) is 11.9. The van der Waals surface area contributed by atoms with E-state index in [-0.39, 0.29) is 5.41 Å². The maximum atomic E-state index is 12.3. The van der Waals surface area contributed by atoms with E-state index in [0.29, 0.717) is 18.1 Å². The molecular weight excluding hydrogens is 196 g/mol. The van der Waals surface area contributed by atoms with Crippen molar-refractivity contribution in [3.63, 3.8) is 0 Å². The van der Waals surface area contributed by atoms with Crippen molar-refractivity contribution in [2.75, 3.05) is 0 Å². The Kier molecular flexibility index (Phi) is 2.81. The van der Waals surface area contributed by atoms with E-state index in [1.807, 2.05) is 0 Å². The predicted molar refractivity (Wildman–Crippen MR) is 67.2 cm³/mol. The van der Waals surface area contributed by atoms with E-state index in [0.717, 1.165) is 12.8 Å². The van der Waals surface area contributed by atoms with Gasteiger partial charge in [0, 0.05) is 11.8 Å². The fourth-order valence-electron chi connectivity index (χ4n) is 3.30. The number of Topliss-reactive ketones (excluding diaryl/α,β-unsaturated/α-hetero) is 1. The highest BCUT2D eigenvalue weighted by molar-refractivity contribution is 5.89. The molecule has 2 atom stereocenters. The predicted octanol–water partition coefficient (Wildman–Crippen LogP) is 4.05. The van der Waals surface area contributed by atoms with Crippen molar-refractivity contribution in [1.29, 1.82) is 0 Å². The summed E-state index contributed by atoms with van der Waals surface area (Å²) in [7, 11) is 0. The van der Waals surface area contributed by atoms with Gasteiger partial charge in [-0.2, -0.15) is 0 Å². The van der Waals surface area contributed by atoms with Crippen LogP contribution in [0, 0.1) is 11.3 Å². The zero-order valence-electron chi connectivity index (χ0n) is 10.7. The van der Waals surface area contributed by atoms with Crippen molar-refractivity contribution in [2.24, 2.45) is 11.3 Å². The highest BCUT2D eigenvalue weighted by Gasteiger charge is 2.44. The fourth-order valence-corrected chi connectivity index (χ4v) is 3.30. The van der Waals surface area contributed by atoms with Crippen molar-refractivity contribution in [3.8, 4) is 0 Å². The Morgan fingerprint density at radius 1 is 1.44 bits per heavy atom.